The summed E-state index contributed by atoms with van der Waals surface area (Å²) in [6.45, 7) is 2.25. The summed E-state index contributed by atoms with van der Waals surface area (Å²) in [6, 6.07) is 8.20. The van der Waals surface area contributed by atoms with Gasteiger partial charge in [-0.2, -0.15) is 4.98 Å². The standard InChI is InChI=1S/C35H41FN4O3/c1-20(34-9-12-35(13-10-34,14-11-34)33-38-30(39-43-33)21-5-6-21)40(32(41)27-18-28(36)25-15-24(27)16-25)26-4-2-3-23(17-26)29-19-37-31(42-29)22-7-8-22/h2-4,17,19-22,24-25,27-28H,5-16,18H2,1H3. The van der Waals surface area contributed by atoms with Crippen molar-refractivity contribution >= 4 is 11.6 Å². The van der Waals surface area contributed by atoms with Crippen LogP contribution in [-0.2, 0) is 10.2 Å². The van der Waals surface area contributed by atoms with Crippen LogP contribution in [0.5, 0.6) is 0 Å². The van der Waals surface area contributed by atoms with Crippen molar-refractivity contribution in [2.45, 2.75) is 120 Å². The fourth-order valence-electron chi connectivity index (χ4n) is 9.13. The summed E-state index contributed by atoms with van der Waals surface area (Å²) in [4.78, 5) is 26.1. The van der Waals surface area contributed by atoms with Crippen LogP contribution in [0.4, 0.5) is 10.1 Å². The number of rotatable bonds is 8. The zero-order valence-electron chi connectivity index (χ0n) is 25.0. The van der Waals surface area contributed by atoms with E-state index in [2.05, 4.69) is 34.1 Å². The average molecular weight is 585 g/mol. The van der Waals surface area contributed by atoms with Crippen LogP contribution in [-0.4, -0.2) is 33.2 Å². The first-order valence-corrected chi connectivity index (χ1v) is 16.8. The fraction of sp³-hybridized carbons (Fsp3) is 0.657. The molecule has 0 saturated heterocycles. The van der Waals surface area contributed by atoms with E-state index in [-0.39, 0.29) is 34.6 Å². The quantitative estimate of drug-likeness (QED) is 0.268. The maximum atomic E-state index is 15.0. The second kappa shape index (κ2) is 9.48. The Morgan fingerprint density at radius 3 is 2.44 bits per heavy atom. The van der Waals surface area contributed by atoms with Crippen molar-refractivity contribution < 1.29 is 18.1 Å². The van der Waals surface area contributed by atoms with E-state index in [1.54, 1.807) is 0 Å². The number of fused-ring (bicyclic) bond motifs is 5. The van der Waals surface area contributed by atoms with Crippen molar-refractivity contribution in [3.05, 3.63) is 48.1 Å². The fourth-order valence-corrected chi connectivity index (χ4v) is 9.13. The first-order chi connectivity index (χ1) is 20.9. The van der Waals surface area contributed by atoms with Gasteiger partial charge in [-0.15, -0.1) is 0 Å². The molecule has 8 heteroatoms. The first kappa shape index (κ1) is 26.4. The number of benzene rings is 1. The van der Waals surface area contributed by atoms with E-state index < -0.39 is 6.17 Å². The maximum Gasteiger partial charge on any atom is 0.232 e. The molecule has 4 bridgehead atoms. The number of alkyl halides is 1. The highest BCUT2D eigenvalue weighted by Gasteiger charge is 2.57. The lowest BCUT2D eigenvalue weighted by molar-refractivity contribution is -0.134. The number of nitrogens with zero attached hydrogens (tertiary/aromatic N) is 4. The number of carbonyl (C=O) groups is 1. The third-order valence-electron chi connectivity index (χ3n) is 12.6. The molecule has 0 N–H and O–H groups in total. The van der Waals surface area contributed by atoms with E-state index in [4.69, 9.17) is 13.9 Å². The van der Waals surface area contributed by atoms with Gasteiger partial charge in [-0.05, 0) is 120 Å². The predicted octanol–water partition coefficient (Wildman–Crippen LogP) is 7.88. The molecule has 1 amide bonds. The monoisotopic (exact) mass is 584 g/mol. The summed E-state index contributed by atoms with van der Waals surface area (Å²) in [7, 11) is 0. The molecule has 0 radical (unpaired) electrons. The number of anilines is 1. The third kappa shape index (κ3) is 4.25. The minimum atomic E-state index is -0.865. The van der Waals surface area contributed by atoms with Gasteiger partial charge in [0.2, 0.25) is 11.8 Å². The van der Waals surface area contributed by atoms with Gasteiger partial charge in [0.25, 0.3) is 0 Å². The van der Waals surface area contributed by atoms with E-state index in [1.807, 2.05) is 18.3 Å². The molecule has 1 aromatic carbocycles. The highest BCUT2D eigenvalue weighted by Crippen LogP contribution is 2.60. The van der Waals surface area contributed by atoms with Gasteiger partial charge in [-0.3, -0.25) is 4.79 Å². The van der Waals surface area contributed by atoms with Gasteiger partial charge in [-0.25, -0.2) is 9.37 Å². The zero-order chi connectivity index (χ0) is 28.9. The van der Waals surface area contributed by atoms with E-state index in [0.29, 0.717) is 24.2 Å². The minimum absolute atomic E-state index is 0.00404. The van der Waals surface area contributed by atoms with Crippen LogP contribution in [0.3, 0.4) is 0 Å². The molecule has 8 saturated carbocycles. The molecule has 2 aromatic heterocycles. The Bertz CT molecular complexity index is 1520. The van der Waals surface area contributed by atoms with Crippen molar-refractivity contribution in [2.75, 3.05) is 4.90 Å². The smallest absolute Gasteiger partial charge is 0.232 e. The number of hydrogen-bond donors (Lipinski definition) is 0. The van der Waals surface area contributed by atoms with Crippen LogP contribution in [0, 0.1) is 23.2 Å². The van der Waals surface area contributed by atoms with E-state index in [1.165, 1.54) is 12.8 Å². The lowest BCUT2D eigenvalue weighted by atomic mass is 9.51. The Kier molecular flexibility index (Phi) is 5.82. The van der Waals surface area contributed by atoms with Gasteiger partial charge in [0.1, 0.15) is 6.17 Å². The number of aromatic nitrogens is 3. The molecular weight excluding hydrogens is 543 g/mol. The summed E-state index contributed by atoms with van der Waals surface area (Å²) in [5, 5.41) is 4.34. The molecule has 3 atom stereocenters. The first-order valence-electron chi connectivity index (χ1n) is 16.8. The number of halogens is 1. The largest absolute Gasteiger partial charge is 0.440 e. The van der Waals surface area contributed by atoms with Crippen molar-refractivity contribution in [3.8, 4) is 11.3 Å². The van der Waals surface area contributed by atoms with Gasteiger partial charge < -0.3 is 13.8 Å². The molecule has 7 nitrogen and oxygen atoms in total. The minimum Gasteiger partial charge on any atom is -0.440 e. The van der Waals surface area contributed by atoms with E-state index in [9.17, 15) is 4.79 Å². The molecule has 3 aromatic rings. The Morgan fingerprint density at radius 2 is 1.74 bits per heavy atom. The molecule has 226 valence electrons. The van der Waals surface area contributed by atoms with E-state index in [0.717, 1.165) is 98.8 Å². The summed E-state index contributed by atoms with van der Waals surface area (Å²) < 4.78 is 27.0. The van der Waals surface area contributed by atoms with Crippen molar-refractivity contribution in [3.63, 3.8) is 0 Å². The number of amides is 1. The molecule has 3 unspecified atom stereocenters. The van der Waals surface area contributed by atoms with Crippen LogP contribution >= 0.6 is 0 Å². The van der Waals surface area contributed by atoms with Crippen LogP contribution < -0.4 is 4.90 Å². The Labute approximate surface area is 252 Å². The Morgan fingerprint density at radius 1 is 1.00 bits per heavy atom. The van der Waals surface area contributed by atoms with Gasteiger partial charge in [-0.1, -0.05) is 17.3 Å². The van der Waals surface area contributed by atoms with Gasteiger partial charge in [0.15, 0.2) is 17.5 Å². The van der Waals surface area contributed by atoms with Crippen molar-refractivity contribution in [1.29, 1.82) is 0 Å². The number of carbonyl (C=O) groups excluding carboxylic acids is 1. The third-order valence-corrected chi connectivity index (χ3v) is 12.6. The molecule has 43 heavy (non-hydrogen) atoms. The zero-order valence-corrected chi connectivity index (χ0v) is 25.0. The second-order valence-corrected chi connectivity index (χ2v) is 15.0. The highest BCUT2D eigenvalue weighted by molar-refractivity contribution is 5.96. The van der Waals surface area contributed by atoms with Crippen LogP contribution in [0.1, 0.15) is 120 Å². The normalized spacial score (nSPS) is 35.4. The van der Waals surface area contributed by atoms with Crippen LogP contribution in [0.25, 0.3) is 11.3 Å². The predicted molar refractivity (Wildman–Crippen MR) is 158 cm³/mol. The van der Waals surface area contributed by atoms with Crippen molar-refractivity contribution in [2.24, 2.45) is 23.2 Å². The molecule has 8 fully saturated rings. The molecule has 2 heterocycles. The second-order valence-electron chi connectivity index (χ2n) is 15.0. The summed E-state index contributed by atoms with van der Waals surface area (Å²) in [5.74, 6) is 4.54. The Balaban J connectivity index is 1.03. The van der Waals surface area contributed by atoms with E-state index >= 15 is 4.39 Å². The van der Waals surface area contributed by atoms with Crippen LogP contribution in [0.2, 0.25) is 0 Å². The summed E-state index contributed by atoms with van der Waals surface area (Å²) in [6.07, 6.45) is 13.7. The van der Waals surface area contributed by atoms with Gasteiger partial charge >= 0.3 is 0 Å². The highest BCUT2D eigenvalue weighted by atomic mass is 19.1. The van der Waals surface area contributed by atoms with Gasteiger partial charge in [0.05, 0.1) is 6.20 Å². The molecule has 0 aliphatic heterocycles. The number of hydrogen-bond acceptors (Lipinski definition) is 6. The molecule has 8 aliphatic carbocycles. The van der Waals surface area contributed by atoms with Crippen LogP contribution in [0.15, 0.2) is 39.4 Å². The topological polar surface area (TPSA) is 85.3 Å². The lowest BCUT2D eigenvalue weighted by Gasteiger charge is -2.57. The average Bonchev–Trinajstić information content (AvgIpc) is 3.95. The summed E-state index contributed by atoms with van der Waals surface area (Å²) in [5.41, 5.74) is 1.79. The summed E-state index contributed by atoms with van der Waals surface area (Å²) >= 11 is 0. The SMILES string of the molecule is CC(N(C(=O)C1CC(F)C2CC1C2)c1cccc(-c2cnc(C3CC3)o2)c1)C12CCC(c3nc(C4CC4)no3)(CC1)CC2. The lowest BCUT2D eigenvalue weighted by Crippen LogP contribution is -2.58. The molecular formula is C35H41FN4O3. The Hall–Kier alpha value is -3.03. The van der Waals surface area contributed by atoms with Gasteiger partial charge in [0, 0.05) is 40.5 Å². The molecule has 11 rings (SSSR count). The molecule has 8 aliphatic rings. The molecule has 0 spiro atoms. The number of oxazole rings is 1. The van der Waals surface area contributed by atoms with Crippen molar-refractivity contribution in [1.82, 2.24) is 15.1 Å². The maximum absolute atomic E-state index is 15.0.